The van der Waals surface area contributed by atoms with E-state index in [2.05, 4.69) is 26.1 Å². The van der Waals surface area contributed by atoms with Crippen LogP contribution < -0.4 is 5.32 Å². The molecule has 0 aromatic heterocycles. The fraction of sp³-hybridized carbons (Fsp3) is 1.00. The fourth-order valence-electron chi connectivity index (χ4n) is 2.33. The van der Waals surface area contributed by atoms with Gasteiger partial charge in [0, 0.05) is 18.8 Å². The number of unbranched alkanes of at least 4 members (excludes halogenated alkanes) is 1. The van der Waals surface area contributed by atoms with Gasteiger partial charge in [-0.2, -0.15) is 0 Å². The van der Waals surface area contributed by atoms with Crippen LogP contribution >= 0.6 is 0 Å². The molecule has 1 atom stereocenters. The second-order valence-electron chi connectivity index (χ2n) is 5.47. The summed E-state index contributed by atoms with van der Waals surface area (Å²) in [6.45, 7) is 9.98. The molecule has 1 aliphatic rings. The summed E-state index contributed by atoms with van der Waals surface area (Å²) in [6, 6.07) is 0. The third-order valence-corrected chi connectivity index (χ3v) is 3.96. The van der Waals surface area contributed by atoms with E-state index < -0.39 is 0 Å². The van der Waals surface area contributed by atoms with E-state index in [0.717, 1.165) is 32.0 Å². The van der Waals surface area contributed by atoms with E-state index in [4.69, 9.17) is 4.74 Å². The van der Waals surface area contributed by atoms with Gasteiger partial charge in [0.25, 0.3) is 0 Å². The third-order valence-electron chi connectivity index (χ3n) is 3.96. The molecule has 0 spiro atoms. The Bertz CT molecular complexity index is 176. The lowest BCUT2D eigenvalue weighted by molar-refractivity contribution is 0.0435. The molecule has 2 heteroatoms. The summed E-state index contributed by atoms with van der Waals surface area (Å²) >= 11 is 0. The molecule has 0 aromatic rings. The second-order valence-corrected chi connectivity index (χ2v) is 5.47. The van der Waals surface area contributed by atoms with Crippen LogP contribution in [0.1, 0.15) is 59.3 Å². The quantitative estimate of drug-likeness (QED) is 0.720. The van der Waals surface area contributed by atoms with Gasteiger partial charge in [-0.1, -0.05) is 33.1 Å². The van der Waals surface area contributed by atoms with E-state index in [1.807, 2.05) is 0 Å². The van der Waals surface area contributed by atoms with Crippen LogP contribution in [0.3, 0.4) is 0 Å². The molecule has 96 valence electrons. The maximum absolute atomic E-state index is 5.42. The van der Waals surface area contributed by atoms with Crippen molar-refractivity contribution in [1.82, 2.24) is 5.32 Å². The fourth-order valence-corrected chi connectivity index (χ4v) is 2.33. The maximum atomic E-state index is 5.42. The minimum atomic E-state index is 0.331. The Morgan fingerprint density at radius 2 is 1.94 bits per heavy atom. The molecule has 1 heterocycles. The van der Waals surface area contributed by atoms with Crippen LogP contribution in [0.4, 0.5) is 0 Å². The van der Waals surface area contributed by atoms with Crippen LogP contribution in [0.2, 0.25) is 0 Å². The molecule has 0 bridgehead atoms. The second kappa shape index (κ2) is 7.29. The number of hydrogen-bond acceptors (Lipinski definition) is 2. The van der Waals surface area contributed by atoms with Gasteiger partial charge in [-0.15, -0.1) is 0 Å². The van der Waals surface area contributed by atoms with Crippen LogP contribution in [0.25, 0.3) is 0 Å². The first-order chi connectivity index (χ1) is 7.70. The first kappa shape index (κ1) is 14.0. The van der Waals surface area contributed by atoms with E-state index in [0.29, 0.717) is 5.54 Å². The Labute approximate surface area is 101 Å². The van der Waals surface area contributed by atoms with E-state index in [1.54, 1.807) is 0 Å². The van der Waals surface area contributed by atoms with Gasteiger partial charge in [-0.05, 0) is 38.6 Å². The normalized spacial score (nSPS) is 21.9. The van der Waals surface area contributed by atoms with Gasteiger partial charge in [0.05, 0.1) is 0 Å². The third kappa shape index (κ3) is 4.84. The van der Waals surface area contributed by atoms with Crippen molar-refractivity contribution in [2.45, 2.75) is 64.8 Å². The molecule has 1 fully saturated rings. The lowest BCUT2D eigenvalue weighted by Gasteiger charge is -2.36. The highest BCUT2D eigenvalue weighted by Gasteiger charge is 2.26. The summed E-state index contributed by atoms with van der Waals surface area (Å²) < 4.78 is 5.42. The molecule has 1 rings (SSSR count). The van der Waals surface area contributed by atoms with Crippen molar-refractivity contribution >= 4 is 0 Å². The minimum Gasteiger partial charge on any atom is -0.381 e. The summed E-state index contributed by atoms with van der Waals surface area (Å²) in [5, 5.41) is 3.78. The molecule has 0 saturated carbocycles. The van der Waals surface area contributed by atoms with Gasteiger partial charge < -0.3 is 10.1 Å². The SMILES string of the molecule is CCCCC(CC)CNC1(C)CCOCC1. The zero-order chi connectivity index (χ0) is 11.9. The van der Waals surface area contributed by atoms with Crippen molar-refractivity contribution in [2.24, 2.45) is 5.92 Å². The predicted octanol–water partition coefficient (Wildman–Crippen LogP) is 3.36. The Kier molecular flexibility index (Phi) is 6.37. The maximum Gasteiger partial charge on any atom is 0.0483 e. The molecule has 1 N–H and O–H groups in total. The average Bonchev–Trinajstić information content (AvgIpc) is 2.30. The number of rotatable bonds is 7. The number of ether oxygens (including phenoxy) is 1. The van der Waals surface area contributed by atoms with Gasteiger partial charge >= 0.3 is 0 Å². The van der Waals surface area contributed by atoms with Gasteiger partial charge in [0.1, 0.15) is 0 Å². The van der Waals surface area contributed by atoms with Crippen LogP contribution in [-0.4, -0.2) is 25.3 Å². The molecular formula is C14H29NO. The van der Waals surface area contributed by atoms with Crippen molar-refractivity contribution < 1.29 is 4.74 Å². The molecule has 0 amide bonds. The summed E-state index contributed by atoms with van der Waals surface area (Å²) in [6.07, 6.45) is 7.71. The molecule has 2 nitrogen and oxygen atoms in total. The minimum absolute atomic E-state index is 0.331. The van der Waals surface area contributed by atoms with Crippen molar-refractivity contribution in [2.75, 3.05) is 19.8 Å². The van der Waals surface area contributed by atoms with Crippen LogP contribution in [0.15, 0.2) is 0 Å². The zero-order valence-electron chi connectivity index (χ0n) is 11.3. The van der Waals surface area contributed by atoms with Crippen molar-refractivity contribution in [1.29, 1.82) is 0 Å². The van der Waals surface area contributed by atoms with E-state index >= 15 is 0 Å². The summed E-state index contributed by atoms with van der Waals surface area (Å²) in [5.74, 6) is 0.861. The summed E-state index contributed by atoms with van der Waals surface area (Å²) in [4.78, 5) is 0. The molecule has 1 saturated heterocycles. The van der Waals surface area contributed by atoms with Crippen LogP contribution in [0.5, 0.6) is 0 Å². The van der Waals surface area contributed by atoms with Crippen molar-refractivity contribution in [3.8, 4) is 0 Å². The van der Waals surface area contributed by atoms with Gasteiger partial charge in [0.15, 0.2) is 0 Å². The molecule has 0 aromatic carbocycles. The molecule has 0 aliphatic carbocycles. The highest BCUT2D eigenvalue weighted by atomic mass is 16.5. The topological polar surface area (TPSA) is 21.3 Å². The Balaban J connectivity index is 2.24. The van der Waals surface area contributed by atoms with E-state index in [-0.39, 0.29) is 0 Å². The summed E-state index contributed by atoms with van der Waals surface area (Å²) in [5.41, 5.74) is 0.331. The molecular weight excluding hydrogens is 198 g/mol. The lowest BCUT2D eigenvalue weighted by atomic mass is 9.90. The van der Waals surface area contributed by atoms with Gasteiger partial charge in [-0.25, -0.2) is 0 Å². The zero-order valence-corrected chi connectivity index (χ0v) is 11.3. The highest BCUT2D eigenvalue weighted by Crippen LogP contribution is 2.21. The monoisotopic (exact) mass is 227 g/mol. The Morgan fingerprint density at radius 3 is 2.50 bits per heavy atom. The summed E-state index contributed by atoms with van der Waals surface area (Å²) in [7, 11) is 0. The number of hydrogen-bond donors (Lipinski definition) is 1. The Morgan fingerprint density at radius 1 is 1.25 bits per heavy atom. The Hall–Kier alpha value is -0.0800. The molecule has 1 aliphatic heterocycles. The molecule has 1 unspecified atom stereocenters. The number of nitrogens with one attached hydrogen (secondary N) is 1. The van der Waals surface area contributed by atoms with E-state index in [1.165, 1.54) is 32.2 Å². The predicted molar refractivity (Wildman–Crippen MR) is 69.8 cm³/mol. The van der Waals surface area contributed by atoms with Gasteiger partial charge in [-0.3, -0.25) is 0 Å². The van der Waals surface area contributed by atoms with Crippen LogP contribution in [0, 0.1) is 5.92 Å². The van der Waals surface area contributed by atoms with Gasteiger partial charge in [0.2, 0.25) is 0 Å². The van der Waals surface area contributed by atoms with Crippen molar-refractivity contribution in [3.05, 3.63) is 0 Å². The first-order valence-electron chi connectivity index (χ1n) is 7.03. The molecule has 0 radical (unpaired) electrons. The highest BCUT2D eigenvalue weighted by molar-refractivity contribution is 4.85. The average molecular weight is 227 g/mol. The van der Waals surface area contributed by atoms with Crippen LogP contribution in [-0.2, 0) is 4.74 Å². The molecule has 16 heavy (non-hydrogen) atoms. The first-order valence-corrected chi connectivity index (χ1v) is 7.03. The van der Waals surface area contributed by atoms with Crippen molar-refractivity contribution in [3.63, 3.8) is 0 Å². The van der Waals surface area contributed by atoms with E-state index in [9.17, 15) is 0 Å². The smallest absolute Gasteiger partial charge is 0.0483 e. The largest absolute Gasteiger partial charge is 0.381 e. The lowest BCUT2D eigenvalue weighted by Crippen LogP contribution is -2.48. The standard InChI is InChI=1S/C14H29NO/c1-4-6-7-13(5-2)12-15-14(3)8-10-16-11-9-14/h13,15H,4-12H2,1-3H3.